The van der Waals surface area contributed by atoms with Gasteiger partial charge >= 0.3 is 0 Å². The molecule has 0 atom stereocenters. The number of nitrogens with one attached hydrogen (secondary N) is 1. The van der Waals surface area contributed by atoms with Crippen molar-refractivity contribution in [3.05, 3.63) is 70.6 Å². The Balaban J connectivity index is 0.00000127. The summed E-state index contributed by atoms with van der Waals surface area (Å²) < 4.78 is 0. The van der Waals surface area contributed by atoms with Crippen molar-refractivity contribution >= 4 is 23.4 Å². The van der Waals surface area contributed by atoms with Gasteiger partial charge in [-0.15, -0.1) is 0 Å². The Morgan fingerprint density at radius 1 is 1.04 bits per heavy atom. The van der Waals surface area contributed by atoms with Crippen molar-refractivity contribution in [2.45, 2.75) is 39.5 Å². The molecule has 2 aromatic carbocycles. The maximum Gasteiger partial charge on any atom is 0.255 e. The van der Waals surface area contributed by atoms with Crippen LogP contribution in [0.4, 0.5) is 5.69 Å². The molecule has 0 aliphatic carbocycles. The van der Waals surface area contributed by atoms with Gasteiger partial charge in [0.05, 0.1) is 0 Å². The number of anilines is 1. The maximum absolute atomic E-state index is 12.3. The molecule has 1 N–H and O–H groups in total. The third-order valence-corrected chi connectivity index (χ3v) is 4.19. The zero-order valence-electron chi connectivity index (χ0n) is 14.5. The highest BCUT2D eigenvalue weighted by Crippen LogP contribution is 2.25. The van der Waals surface area contributed by atoms with E-state index in [0.717, 1.165) is 10.6 Å². The van der Waals surface area contributed by atoms with E-state index < -0.39 is 0 Å². The summed E-state index contributed by atoms with van der Waals surface area (Å²) in [6, 6.07) is 13.6. The van der Waals surface area contributed by atoms with Gasteiger partial charge < -0.3 is 5.32 Å². The molecule has 23 heavy (non-hydrogen) atoms. The van der Waals surface area contributed by atoms with Gasteiger partial charge in [-0.1, -0.05) is 55.4 Å². The van der Waals surface area contributed by atoms with Crippen LogP contribution in [0.3, 0.4) is 0 Å². The normalized spacial score (nSPS) is 10.1. The van der Waals surface area contributed by atoms with Crippen LogP contribution in [0.1, 0.15) is 42.3 Å². The summed E-state index contributed by atoms with van der Waals surface area (Å²) in [4.78, 5) is 13.4. The lowest BCUT2D eigenvalue weighted by Gasteiger charge is -2.08. The molecule has 0 fully saturated rings. The van der Waals surface area contributed by atoms with Crippen molar-refractivity contribution in [2.75, 3.05) is 5.32 Å². The van der Waals surface area contributed by atoms with Crippen LogP contribution >= 0.6 is 11.8 Å². The third-order valence-electron chi connectivity index (χ3n) is 3.09. The first-order chi connectivity index (χ1) is 11.1. The van der Waals surface area contributed by atoms with E-state index in [1.165, 1.54) is 11.1 Å². The van der Waals surface area contributed by atoms with Crippen molar-refractivity contribution in [1.82, 2.24) is 0 Å². The first-order valence-corrected chi connectivity index (χ1v) is 8.74. The lowest BCUT2D eigenvalue weighted by Crippen LogP contribution is -2.12. The van der Waals surface area contributed by atoms with Gasteiger partial charge in [0.25, 0.3) is 5.91 Å². The zero-order valence-corrected chi connectivity index (χ0v) is 15.3. The molecule has 0 saturated heterocycles. The first-order valence-electron chi connectivity index (χ1n) is 7.86. The van der Waals surface area contributed by atoms with Crippen molar-refractivity contribution < 1.29 is 4.79 Å². The predicted octanol–water partition coefficient (Wildman–Crippen LogP) is 6.21. The lowest BCUT2D eigenvalue weighted by atomic mass is 10.1. The lowest BCUT2D eigenvalue weighted by molar-refractivity contribution is 0.102. The van der Waals surface area contributed by atoms with Gasteiger partial charge in [0, 0.05) is 16.1 Å². The molecule has 0 saturated carbocycles. The fourth-order valence-corrected chi connectivity index (χ4v) is 2.58. The van der Waals surface area contributed by atoms with Crippen molar-refractivity contribution in [2.24, 2.45) is 0 Å². The summed E-state index contributed by atoms with van der Waals surface area (Å²) in [7, 11) is 0. The molecule has 2 nitrogen and oxygen atoms in total. The van der Waals surface area contributed by atoms with Crippen LogP contribution in [0, 0.1) is 13.8 Å². The molecular weight excluding hydrogens is 302 g/mol. The van der Waals surface area contributed by atoms with E-state index in [1.807, 2.05) is 88.6 Å². The second-order valence-corrected chi connectivity index (χ2v) is 5.84. The standard InChI is InChI=1S/C18H19NOS.C2H6/c1-4-11-21-17-12-15(8-7-14(17)3)18(20)19-16-9-5-13(2)6-10-16;1-2/h4-12H,1-3H3,(H,19,20);1-2H3/b11-4+;. The Labute approximate surface area is 144 Å². The number of hydrogen-bond donors (Lipinski definition) is 1. The number of amides is 1. The van der Waals surface area contributed by atoms with Gasteiger partial charge in [-0.25, -0.2) is 0 Å². The summed E-state index contributed by atoms with van der Waals surface area (Å²) in [5.74, 6) is -0.0822. The highest BCUT2D eigenvalue weighted by atomic mass is 32.2. The molecular formula is C20H25NOS. The van der Waals surface area contributed by atoms with Gasteiger partial charge in [0.2, 0.25) is 0 Å². The maximum atomic E-state index is 12.3. The van der Waals surface area contributed by atoms with E-state index in [4.69, 9.17) is 0 Å². The summed E-state index contributed by atoms with van der Waals surface area (Å²) >= 11 is 1.63. The average Bonchev–Trinajstić information content (AvgIpc) is 2.58. The molecule has 2 aromatic rings. The minimum Gasteiger partial charge on any atom is -0.322 e. The van der Waals surface area contributed by atoms with Crippen molar-refractivity contribution in [3.8, 4) is 0 Å². The molecule has 0 aromatic heterocycles. The summed E-state index contributed by atoms with van der Waals surface area (Å²) in [5, 5.41) is 4.94. The van der Waals surface area contributed by atoms with Crippen LogP contribution in [0.15, 0.2) is 58.8 Å². The second-order valence-electron chi connectivity index (χ2n) is 4.89. The molecule has 1 amide bonds. The van der Waals surface area contributed by atoms with Crippen molar-refractivity contribution in [3.63, 3.8) is 0 Å². The topological polar surface area (TPSA) is 29.1 Å². The summed E-state index contributed by atoms with van der Waals surface area (Å²) in [6.45, 7) is 10.1. The summed E-state index contributed by atoms with van der Waals surface area (Å²) in [6.07, 6.45) is 1.99. The molecule has 0 unspecified atom stereocenters. The SMILES string of the molecule is C/C=C/Sc1cc(C(=O)Nc2ccc(C)cc2)ccc1C.CC. The number of benzene rings is 2. The highest BCUT2D eigenvalue weighted by Gasteiger charge is 2.08. The monoisotopic (exact) mass is 327 g/mol. The number of hydrogen-bond acceptors (Lipinski definition) is 2. The van der Waals surface area contributed by atoms with E-state index >= 15 is 0 Å². The fourth-order valence-electron chi connectivity index (χ4n) is 1.85. The minimum atomic E-state index is -0.0822. The van der Waals surface area contributed by atoms with Gasteiger partial charge in [-0.3, -0.25) is 4.79 Å². The Morgan fingerprint density at radius 2 is 1.70 bits per heavy atom. The van der Waals surface area contributed by atoms with Crippen LogP contribution in [0.25, 0.3) is 0 Å². The molecule has 0 aliphatic rings. The molecule has 122 valence electrons. The van der Waals surface area contributed by atoms with Crippen LogP contribution in [0.2, 0.25) is 0 Å². The predicted molar refractivity (Wildman–Crippen MR) is 102 cm³/mol. The Bertz CT molecular complexity index is 660. The molecule has 0 bridgehead atoms. The molecule has 3 heteroatoms. The van der Waals surface area contributed by atoms with Crippen LogP contribution in [-0.4, -0.2) is 5.91 Å². The quantitative estimate of drug-likeness (QED) is 0.677. The average molecular weight is 327 g/mol. The molecule has 0 radical (unpaired) electrons. The largest absolute Gasteiger partial charge is 0.322 e. The van der Waals surface area contributed by atoms with E-state index in [-0.39, 0.29) is 5.91 Å². The number of aryl methyl sites for hydroxylation is 2. The Kier molecular flexibility index (Phi) is 8.20. The van der Waals surface area contributed by atoms with E-state index in [9.17, 15) is 4.79 Å². The van der Waals surface area contributed by atoms with E-state index in [1.54, 1.807) is 11.8 Å². The third kappa shape index (κ3) is 5.95. The summed E-state index contributed by atoms with van der Waals surface area (Å²) in [5.41, 5.74) is 3.83. The number of carbonyl (C=O) groups is 1. The molecule has 2 rings (SSSR count). The van der Waals surface area contributed by atoms with Crippen LogP contribution in [-0.2, 0) is 0 Å². The first kappa shape index (κ1) is 19.0. The smallest absolute Gasteiger partial charge is 0.255 e. The molecule has 0 spiro atoms. The second kappa shape index (κ2) is 9.90. The van der Waals surface area contributed by atoms with Gasteiger partial charge in [-0.2, -0.15) is 0 Å². The number of thioether (sulfide) groups is 1. The molecule has 0 aliphatic heterocycles. The molecule has 0 heterocycles. The van der Waals surface area contributed by atoms with Gasteiger partial charge in [0.1, 0.15) is 0 Å². The van der Waals surface area contributed by atoms with Crippen molar-refractivity contribution in [1.29, 1.82) is 0 Å². The van der Waals surface area contributed by atoms with E-state index in [2.05, 4.69) is 5.32 Å². The number of rotatable bonds is 4. The highest BCUT2D eigenvalue weighted by molar-refractivity contribution is 8.02. The minimum absolute atomic E-state index is 0.0822. The number of allylic oxidation sites excluding steroid dienone is 1. The zero-order chi connectivity index (χ0) is 17.2. The van der Waals surface area contributed by atoms with Crippen LogP contribution < -0.4 is 5.32 Å². The van der Waals surface area contributed by atoms with E-state index in [0.29, 0.717) is 5.56 Å². The Hall–Kier alpha value is -2.00. The fraction of sp³-hybridized carbons (Fsp3) is 0.250. The van der Waals surface area contributed by atoms with Crippen LogP contribution in [0.5, 0.6) is 0 Å². The van der Waals surface area contributed by atoms with Gasteiger partial charge in [0.15, 0.2) is 0 Å². The number of carbonyl (C=O) groups excluding carboxylic acids is 1. The Morgan fingerprint density at radius 3 is 2.30 bits per heavy atom. The van der Waals surface area contributed by atoms with Gasteiger partial charge in [-0.05, 0) is 56.0 Å².